The fraction of sp³-hybridized carbons (Fsp3) is 0.562. The summed E-state index contributed by atoms with van der Waals surface area (Å²) in [6, 6.07) is 6.00. The van der Waals surface area contributed by atoms with Gasteiger partial charge in [-0.25, -0.2) is 0 Å². The summed E-state index contributed by atoms with van der Waals surface area (Å²) in [5.41, 5.74) is 7.44. The number of para-hydroxylation sites is 1. The van der Waals surface area contributed by atoms with E-state index in [9.17, 15) is 4.79 Å². The van der Waals surface area contributed by atoms with Crippen LogP contribution in [0.4, 0.5) is 0 Å². The van der Waals surface area contributed by atoms with Gasteiger partial charge in [0.2, 0.25) is 0 Å². The molecule has 1 aromatic carbocycles. The zero-order valence-corrected chi connectivity index (χ0v) is 12.9. The molecule has 4 nitrogen and oxygen atoms in total. The molecule has 0 aromatic heterocycles. The van der Waals surface area contributed by atoms with Crippen LogP contribution in [0.15, 0.2) is 18.2 Å². The number of hydrogen-bond donors (Lipinski definition) is 2. The van der Waals surface area contributed by atoms with Crippen molar-refractivity contribution in [1.29, 1.82) is 0 Å². The number of carbonyl (C=O) groups excluding carboxylic acids is 1. The highest BCUT2D eigenvalue weighted by atomic mass is 16.5. The zero-order chi connectivity index (χ0) is 15.1. The number of hydrogen-bond acceptors (Lipinski definition) is 3. The molecule has 0 bridgehead atoms. The molecule has 0 aliphatic carbocycles. The third-order valence-electron chi connectivity index (χ3n) is 3.11. The molecule has 112 valence electrons. The van der Waals surface area contributed by atoms with E-state index in [0.29, 0.717) is 12.3 Å². The third-order valence-corrected chi connectivity index (χ3v) is 3.11. The number of amides is 1. The molecule has 0 saturated carbocycles. The second kappa shape index (κ2) is 7.90. The van der Waals surface area contributed by atoms with Crippen molar-refractivity contribution < 1.29 is 9.53 Å². The van der Waals surface area contributed by atoms with E-state index < -0.39 is 12.0 Å². The van der Waals surface area contributed by atoms with E-state index in [1.165, 1.54) is 0 Å². The maximum absolute atomic E-state index is 11.3. The van der Waals surface area contributed by atoms with Crippen LogP contribution >= 0.6 is 0 Å². The molecular formula is C16H26N2O2. The fourth-order valence-electron chi connectivity index (χ4n) is 2.00. The minimum Gasteiger partial charge on any atom is -0.480 e. The van der Waals surface area contributed by atoms with Crippen LogP contribution in [0.25, 0.3) is 0 Å². The van der Waals surface area contributed by atoms with E-state index in [1.807, 2.05) is 32.0 Å². The smallest absolute Gasteiger partial charge is 0.258 e. The van der Waals surface area contributed by atoms with Gasteiger partial charge in [-0.15, -0.1) is 0 Å². The summed E-state index contributed by atoms with van der Waals surface area (Å²) in [6.07, 6.45) is 0.00246. The molecule has 0 saturated heterocycles. The van der Waals surface area contributed by atoms with Gasteiger partial charge in [0.05, 0.1) is 0 Å². The van der Waals surface area contributed by atoms with Gasteiger partial charge in [-0.1, -0.05) is 39.0 Å². The van der Waals surface area contributed by atoms with Gasteiger partial charge >= 0.3 is 0 Å². The van der Waals surface area contributed by atoms with Crippen LogP contribution in [0, 0.1) is 12.8 Å². The predicted octanol–water partition coefficient (Wildman–Crippen LogP) is 2.38. The molecule has 0 aliphatic heterocycles. The Kier molecular flexibility index (Phi) is 6.52. The lowest BCUT2D eigenvalue weighted by molar-refractivity contribution is -0.124. The SMILES string of the molecule is CCC(Oc1c(C)cccc1CNCC(C)C)C(N)=O. The number of rotatable bonds is 8. The van der Waals surface area contributed by atoms with E-state index in [1.54, 1.807) is 0 Å². The first kappa shape index (κ1) is 16.5. The minimum atomic E-state index is -0.569. The Hall–Kier alpha value is -1.55. The number of nitrogens with one attached hydrogen (secondary N) is 1. The third kappa shape index (κ3) is 4.85. The maximum atomic E-state index is 11.3. The molecule has 1 amide bonds. The quantitative estimate of drug-likeness (QED) is 0.767. The van der Waals surface area contributed by atoms with Crippen molar-refractivity contribution >= 4 is 5.91 Å². The molecule has 0 aliphatic rings. The van der Waals surface area contributed by atoms with E-state index in [4.69, 9.17) is 10.5 Å². The summed E-state index contributed by atoms with van der Waals surface area (Å²) in [6.45, 7) is 9.88. The molecule has 0 spiro atoms. The molecule has 3 N–H and O–H groups in total. The second-order valence-corrected chi connectivity index (χ2v) is 5.51. The molecule has 4 heteroatoms. The minimum absolute atomic E-state index is 0.420. The largest absolute Gasteiger partial charge is 0.480 e. The van der Waals surface area contributed by atoms with Gasteiger partial charge in [0.15, 0.2) is 6.10 Å². The molecule has 20 heavy (non-hydrogen) atoms. The summed E-state index contributed by atoms with van der Waals surface area (Å²) >= 11 is 0. The number of nitrogens with two attached hydrogens (primary N) is 1. The highest BCUT2D eigenvalue weighted by Crippen LogP contribution is 2.25. The maximum Gasteiger partial charge on any atom is 0.258 e. The van der Waals surface area contributed by atoms with Gasteiger partial charge in [-0.05, 0) is 31.4 Å². The molecule has 1 atom stereocenters. The summed E-state index contributed by atoms with van der Waals surface area (Å²) < 4.78 is 5.83. The van der Waals surface area contributed by atoms with E-state index in [0.717, 1.165) is 30.0 Å². The van der Waals surface area contributed by atoms with Gasteiger partial charge in [-0.2, -0.15) is 0 Å². The highest BCUT2D eigenvalue weighted by Gasteiger charge is 2.17. The van der Waals surface area contributed by atoms with Crippen molar-refractivity contribution in [2.45, 2.75) is 46.8 Å². The Balaban J connectivity index is 2.84. The Bertz CT molecular complexity index is 444. The average Bonchev–Trinajstić information content (AvgIpc) is 2.37. The standard InChI is InChI=1S/C16H26N2O2/c1-5-14(16(17)19)20-15-12(4)7-6-8-13(15)10-18-9-11(2)3/h6-8,11,14,18H,5,9-10H2,1-4H3,(H2,17,19). The molecular weight excluding hydrogens is 252 g/mol. The molecule has 0 radical (unpaired) electrons. The normalized spacial score (nSPS) is 12.4. The lowest BCUT2D eigenvalue weighted by atomic mass is 10.1. The van der Waals surface area contributed by atoms with Crippen molar-refractivity contribution in [3.63, 3.8) is 0 Å². The van der Waals surface area contributed by atoms with Gasteiger partial charge in [0.1, 0.15) is 5.75 Å². The van der Waals surface area contributed by atoms with Gasteiger partial charge in [0.25, 0.3) is 5.91 Å². The number of aryl methyl sites for hydroxylation is 1. The van der Waals surface area contributed by atoms with Crippen LogP contribution in [0.5, 0.6) is 5.75 Å². The van der Waals surface area contributed by atoms with Crippen molar-refractivity contribution in [3.05, 3.63) is 29.3 Å². The van der Waals surface area contributed by atoms with Crippen LogP contribution in [0.3, 0.4) is 0 Å². The Morgan fingerprint density at radius 2 is 2.10 bits per heavy atom. The summed E-state index contributed by atoms with van der Waals surface area (Å²) in [5.74, 6) is 0.949. The highest BCUT2D eigenvalue weighted by molar-refractivity contribution is 5.79. The number of carbonyl (C=O) groups is 1. The van der Waals surface area contributed by atoms with Gasteiger partial charge < -0.3 is 15.8 Å². The van der Waals surface area contributed by atoms with Crippen molar-refractivity contribution in [3.8, 4) is 5.75 Å². The van der Waals surface area contributed by atoms with Crippen molar-refractivity contribution in [2.24, 2.45) is 11.7 Å². The summed E-state index contributed by atoms with van der Waals surface area (Å²) in [7, 11) is 0. The van der Waals surface area contributed by atoms with E-state index in [2.05, 4.69) is 19.2 Å². The number of benzene rings is 1. The zero-order valence-electron chi connectivity index (χ0n) is 12.9. The molecule has 1 rings (SSSR count). The van der Waals surface area contributed by atoms with Crippen molar-refractivity contribution in [2.75, 3.05) is 6.54 Å². The molecule has 0 heterocycles. The summed E-state index contributed by atoms with van der Waals surface area (Å²) in [4.78, 5) is 11.3. The lowest BCUT2D eigenvalue weighted by Gasteiger charge is -2.19. The van der Waals surface area contributed by atoms with Crippen molar-refractivity contribution in [1.82, 2.24) is 5.32 Å². The first-order valence-electron chi connectivity index (χ1n) is 7.20. The van der Waals surface area contributed by atoms with Crippen LogP contribution in [-0.4, -0.2) is 18.6 Å². The Morgan fingerprint density at radius 3 is 2.65 bits per heavy atom. The predicted molar refractivity (Wildman–Crippen MR) is 81.6 cm³/mol. The summed E-state index contributed by atoms with van der Waals surface area (Å²) in [5, 5.41) is 3.39. The topological polar surface area (TPSA) is 64.3 Å². The van der Waals surface area contributed by atoms with Gasteiger partial charge in [-0.3, -0.25) is 4.79 Å². The molecule has 0 fully saturated rings. The average molecular weight is 278 g/mol. The number of ether oxygens (including phenoxy) is 1. The van der Waals surface area contributed by atoms with E-state index in [-0.39, 0.29) is 0 Å². The molecule has 1 aromatic rings. The van der Waals surface area contributed by atoms with Gasteiger partial charge in [0, 0.05) is 12.1 Å². The lowest BCUT2D eigenvalue weighted by Crippen LogP contribution is -2.33. The van der Waals surface area contributed by atoms with Crippen LogP contribution < -0.4 is 15.8 Å². The monoisotopic (exact) mass is 278 g/mol. The number of primary amides is 1. The fourth-order valence-corrected chi connectivity index (χ4v) is 2.00. The Labute approximate surface area is 121 Å². The Morgan fingerprint density at radius 1 is 1.40 bits per heavy atom. The molecule has 1 unspecified atom stereocenters. The van der Waals surface area contributed by atoms with Crippen LogP contribution in [0.2, 0.25) is 0 Å². The van der Waals surface area contributed by atoms with E-state index >= 15 is 0 Å². The second-order valence-electron chi connectivity index (χ2n) is 5.51. The first-order chi connectivity index (χ1) is 9.45. The first-order valence-corrected chi connectivity index (χ1v) is 7.20. The van der Waals surface area contributed by atoms with Crippen LogP contribution in [-0.2, 0) is 11.3 Å². The van der Waals surface area contributed by atoms with Crippen LogP contribution in [0.1, 0.15) is 38.3 Å².